The van der Waals surface area contributed by atoms with E-state index in [-0.39, 0.29) is 16.5 Å². The smallest absolute Gasteiger partial charge is 0.292 e. The van der Waals surface area contributed by atoms with Gasteiger partial charge in [0.1, 0.15) is 0 Å². The Balaban J connectivity index is 2.07. The second-order valence-corrected chi connectivity index (χ2v) is 4.85. The second kappa shape index (κ2) is 3.98. The minimum Gasteiger partial charge on any atom is -0.541 e. The molecule has 0 aromatic carbocycles. The highest BCUT2D eigenvalue weighted by Gasteiger charge is 2.30. The number of hydrogen-bond donors (Lipinski definition) is 2. The number of imide groups is 2. The van der Waals surface area contributed by atoms with Gasteiger partial charge in [0.25, 0.3) is 33.4 Å². The predicted octanol–water partition coefficient (Wildman–Crippen LogP) is -2.44. The van der Waals surface area contributed by atoms with Crippen molar-refractivity contribution < 1.29 is 23.6 Å². The molecule has 2 N–H and O–H groups in total. The first-order valence-corrected chi connectivity index (χ1v) is 6.02. The van der Waals surface area contributed by atoms with Crippen LogP contribution in [0.4, 0.5) is 0 Å². The summed E-state index contributed by atoms with van der Waals surface area (Å²) >= 11 is 0. The Bertz CT molecular complexity index is 519. The molecule has 0 aliphatic carbocycles. The minimum atomic E-state index is -1.55. The lowest BCUT2D eigenvalue weighted by molar-refractivity contribution is -0.126. The summed E-state index contributed by atoms with van der Waals surface area (Å²) in [5.41, 5.74) is 0.188. The Morgan fingerprint density at radius 3 is 2.24 bits per heavy atom. The lowest BCUT2D eigenvalue weighted by Gasteiger charge is -2.04. The van der Waals surface area contributed by atoms with E-state index < -0.39 is 33.4 Å². The van der Waals surface area contributed by atoms with Crippen LogP contribution in [0.3, 0.4) is 0 Å². The average Bonchev–Trinajstić information content (AvgIpc) is 2.67. The largest absolute Gasteiger partial charge is 0.541 e. The Kier molecular flexibility index (Phi) is 2.64. The molecule has 88 valence electrons. The van der Waals surface area contributed by atoms with Crippen molar-refractivity contribution in [3.63, 3.8) is 0 Å². The van der Waals surface area contributed by atoms with Gasteiger partial charge in [-0.3, -0.25) is 29.8 Å². The Labute approximate surface area is 97.8 Å². The summed E-state index contributed by atoms with van der Waals surface area (Å²) in [5.74, 6) is -2.15. The van der Waals surface area contributed by atoms with Crippen LogP contribution in [0, 0.1) is 0 Å². The quantitative estimate of drug-likeness (QED) is 0.429. The van der Waals surface area contributed by atoms with Gasteiger partial charge < -0.3 is 4.43 Å². The summed E-state index contributed by atoms with van der Waals surface area (Å²) in [7, 11) is -1.55. The Morgan fingerprint density at radius 2 is 1.76 bits per heavy atom. The summed E-state index contributed by atoms with van der Waals surface area (Å²) in [6.45, 7) is 1.46. The van der Waals surface area contributed by atoms with Gasteiger partial charge in [-0.15, -0.1) is 0 Å². The molecule has 2 aliphatic rings. The van der Waals surface area contributed by atoms with Gasteiger partial charge in [-0.05, 0) is 6.92 Å². The van der Waals surface area contributed by atoms with E-state index in [2.05, 4.69) is 10.6 Å². The number of amides is 4. The van der Waals surface area contributed by atoms with Crippen molar-refractivity contribution in [2.45, 2.75) is 6.92 Å². The Morgan fingerprint density at radius 1 is 1.06 bits per heavy atom. The molecular weight excluding hydrogens is 244 g/mol. The molecule has 4 amide bonds. The van der Waals surface area contributed by atoms with E-state index in [0.29, 0.717) is 0 Å². The predicted molar refractivity (Wildman–Crippen MR) is 56.7 cm³/mol. The van der Waals surface area contributed by atoms with Crippen molar-refractivity contribution in [2.24, 2.45) is 0 Å². The molecule has 0 unspecified atom stereocenters. The van der Waals surface area contributed by atoms with Crippen LogP contribution in [-0.4, -0.2) is 33.4 Å². The zero-order valence-corrected chi connectivity index (χ0v) is 10.2. The molecule has 2 aliphatic heterocycles. The maximum absolute atomic E-state index is 11.3. The normalized spacial score (nSPS) is 20.2. The van der Waals surface area contributed by atoms with Crippen LogP contribution in [0.25, 0.3) is 0 Å². The van der Waals surface area contributed by atoms with Crippen molar-refractivity contribution in [3.05, 3.63) is 22.6 Å². The molecule has 17 heavy (non-hydrogen) atoms. The first-order chi connectivity index (χ1) is 7.99. The lowest BCUT2D eigenvalue weighted by Crippen LogP contribution is -2.25. The molecule has 0 spiro atoms. The molecule has 2 heterocycles. The molecule has 7 nitrogen and oxygen atoms in total. The average molecular weight is 252 g/mol. The van der Waals surface area contributed by atoms with Crippen molar-refractivity contribution in [2.75, 3.05) is 0 Å². The van der Waals surface area contributed by atoms with E-state index in [4.69, 9.17) is 4.43 Å². The highest BCUT2D eigenvalue weighted by molar-refractivity contribution is 6.52. The molecule has 0 fully saturated rings. The molecule has 0 aromatic rings. The fourth-order valence-electron chi connectivity index (χ4n) is 1.41. The number of rotatable bonds is 3. The zero-order chi connectivity index (χ0) is 12.6. The first kappa shape index (κ1) is 11.3. The second-order valence-electron chi connectivity index (χ2n) is 3.51. The molecule has 0 radical (unpaired) electrons. The minimum absolute atomic E-state index is 0.0604. The van der Waals surface area contributed by atoms with Crippen molar-refractivity contribution in [3.8, 4) is 0 Å². The van der Waals surface area contributed by atoms with Crippen LogP contribution in [0.15, 0.2) is 22.6 Å². The van der Waals surface area contributed by atoms with Gasteiger partial charge in [0.2, 0.25) is 0 Å². The van der Waals surface area contributed by atoms with E-state index in [1.807, 2.05) is 0 Å². The summed E-state index contributed by atoms with van der Waals surface area (Å²) in [6, 6.07) is 0. The summed E-state index contributed by atoms with van der Waals surface area (Å²) in [6.07, 6.45) is 1.15. The lowest BCUT2D eigenvalue weighted by atomic mass is 10.3. The number of nitrogens with one attached hydrogen (secondary N) is 2. The van der Waals surface area contributed by atoms with Gasteiger partial charge in [-0.1, -0.05) is 0 Å². The molecular formula is C9H8N2O5Si. The number of carbonyl (C=O) groups is 4. The van der Waals surface area contributed by atoms with E-state index >= 15 is 0 Å². The van der Waals surface area contributed by atoms with Crippen LogP contribution < -0.4 is 10.6 Å². The summed E-state index contributed by atoms with van der Waals surface area (Å²) in [5, 5.41) is 4.40. The van der Waals surface area contributed by atoms with Crippen LogP contribution in [0.1, 0.15) is 6.92 Å². The van der Waals surface area contributed by atoms with Crippen molar-refractivity contribution >= 4 is 33.4 Å². The van der Waals surface area contributed by atoms with E-state index in [1.54, 1.807) is 0 Å². The monoisotopic (exact) mass is 252 g/mol. The van der Waals surface area contributed by atoms with Crippen LogP contribution in [-0.2, 0) is 23.6 Å². The maximum atomic E-state index is 11.3. The summed E-state index contributed by atoms with van der Waals surface area (Å²) < 4.78 is 5.20. The third-order valence-electron chi connectivity index (χ3n) is 2.32. The van der Waals surface area contributed by atoms with Gasteiger partial charge >= 0.3 is 0 Å². The SMILES string of the molecule is CC1=C(O[SiH2]C2=CC(=O)NC2=O)C(=O)NC1=O. The van der Waals surface area contributed by atoms with Crippen LogP contribution in [0.2, 0.25) is 0 Å². The molecule has 0 atom stereocenters. The fraction of sp³-hybridized carbons (Fsp3) is 0.111. The fourth-order valence-corrected chi connectivity index (χ4v) is 2.55. The highest BCUT2D eigenvalue weighted by atomic mass is 28.2. The maximum Gasteiger partial charge on any atom is 0.292 e. The Hall–Kier alpha value is -2.22. The van der Waals surface area contributed by atoms with E-state index in [1.165, 1.54) is 6.92 Å². The number of hydrogen-bond acceptors (Lipinski definition) is 5. The van der Waals surface area contributed by atoms with Gasteiger partial charge in [0.15, 0.2) is 5.76 Å². The highest BCUT2D eigenvalue weighted by Crippen LogP contribution is 2.14. The molecule has 0 saturated carbocycles. The number of carbonyl (C=O) groups excluding carboxylic acids is 4. The van der Waals surface area contributed by atoms with Crippen LogP contribution in [0.5, 0.6) is 0 Å². The molecule has 2 rings (SSSR count). The molecule has 8 heteroatoms. The standard InChI is InChI=1S/C9H8N2O5Si/c1-3-6(9(15)11-7(3)13)16-17-4-2-5(12)10-8(4)14/h2H,17H2,1H3,(H,10,12,14)(H,11,13,15). The first-order valence-electron chi connectivity index (χ1n) is 4.74. The third kappa shape index (κ3) is 2.02. The van der Waals surface area contributed by atoms with Crippen LogP contribution >= 0.6 is 0 Å². The van der Waals surface area contributed by atoms with Gasteiger partial charge in [0, 0.05) is 11.3 Å². The van der Waals surface area contributed by atoms with Gasteiger partial charge in [0.05, 0.1) is 5.57 Å². The van der Waals surface area contributed by atoms with Gasteiger partial charge in [-0.2, -0.15) is 0 Å². The molecule has 0 aromatic heterocycles. The zero-order valence-electron chi connectivity index (χ0n) is 8.83. The van der Waals surface area contributed by atoms with E-state index in [9.17, 15) is 19.2 Å². The third-order valence-corrected chi connectivity index (χ3v) is 3.59. The molecule has 0 saturated heterocycles. The topological polar surface area (TPSA) is 102 Å². The van der Waals surface area contributed by atoms with E-state index in [0.717, 1.165) is 6.08 Å². The molecule has 0 bridgehead atoms. The van der Waals surface area contributed by atoms with Crippen molar-refractivity contribution in [1.29, 1.82) is 0 Å². The summed E-state index contributed by atoms with van der Waals surface area (Å²) in [4.78, 5) is 44.4. The van der Waals surface area contributed by atoms with Crippen molar-refractivity contribution in [1.82, 2.24) is 10.6 Å². The van der Waals surface area contributed by atoms with Gasteiger partial charge in [-0.25, -0.2) is 0 Å².